The van der Waals surface area contributed by atoms with Crippen molar-refractivity contribution in [2.75, 3.05) is 18.4 Å². The van der Waals surface area contributed by atoms with Crippen LogP contribution in [0.3, 0.4) is 0 Å². The zero-order valence-corrected chi connectivity index (χ0v) is 14.0. The molecule has 1 fully saturated rings. The van der Waals surface area contributed by atoms with Gasteiger partial charge in [-0.3, -0.25) is 0 Å². The van der Waals surface area contributed by atoms with Crippen LogP contribution in [0, 0.1) is 6.92 Å². The minimum Gasteiger partial charge on any atom is -0.379 e. The molecule has 124 valence electrons. The molecule has 0 saturated carbocycles. The molecule has 1 aromatic heterocycles. The van der Waals surface area contributed by atoms with Crippen molar-refractivity contribution in [1.29, 1.82) is 0 Å². The molecule has 6 nitrogen and oxygen atoms in total. The van der Waals surface area contributed by atoms with Crippen LogP contribution in [0.4, 0.5) is 5.69 Å². The maximum absolute atomic E-state index is 12.9. The SMILES string of the molecule is Cc1ccc(NCc2ccon2)cc1S(=O)(=O)N1CCCCC1. The largest absolute Gasteiger partial charge is 0.379 e. The van der Waals surface area contributed by atoms with E-state index in [1.54, 1.807) is 16.4 Å². The fourth-order valence-electron chi connectivity index (χ4n) is 2.75. The van der Waals surface area contributed by atoms with E-state index >= 15 is 0 Å². The highest BCUT2D eigenvalue weighted by atomic mass is 32.2. The Balaban J connectivity index is 1.82. The van der Waals surface area contributed by atoms with E-state index in [-0.39, 0.29) is 0 Å². The number of hydrogen-bond donors (Lipinski definition) is 1. The molecule has 3 rings (SSSR count). The van der Waals surface area contributed by atoms with Gasteiger partial charge in [0.2, 0.25) is 10.0 Å². The molecule has 0 bridgehead atoms. The number of anilines is 1. The second-order valence-corrected chi connectivity index (χ2v) is 7.70. The van der Waals surface area contributed by atoms with E-state index in [9.17, 15) is 8.42 Å². The van der Waals surface area contributed by atoms with Crippen molar-refractivity contribution >= 4 is 15.7 Å². The van der Waals surface area contributed by atoms with Crippen molar-refractivity contribution in [2.24, 2.45) is 0 Å². The van der Waals surface area contributed by atoms with Crippen LogP contribution in [-0.4, -0.2) is 31.0 Å². The van der Waals surface area contributed by atoms with E-state index < -0.39 is 10.0 Å². The van der Waals surface area contributed by atoms with Crippen LogP contribution in [0.1, 0.15) is 30.5 Å². The first-order valence-electron chi connectivity index (χ1n) is 7.81. The molecule has 2 aromatic rings. The van der Waals surface area contributed by atoms with E-state index in [0.29, 0.717) is 24.5 Å². The molecule has 1 aromatic carbocycles. The minimum atomic E-state index is -3.43. The average molecular weight is 335 g/mol. The molecule has 23 heavy (non-hydrogen) atoms. The summed E-state index contributed by atoms with van der Waals surface area (Å²) in [6, 6.07) is 7.19. The molecular weight excluding hydrogens is 314 g/mol. The van der Waals surface area contributed by atoms with Gasteiger partial charge >= 0.3 is 0 Å². The van der Waals surface area contributed by atoms with Crippen molar-refractivity contribution in [1.82, 2.24) is 9.46 Å². The van der Waals surface area contributed by atoms with E-state index in [1.807, 2.05) is 19.1 Å². The van der Waals surface area contributed by atoms with Gasteiger partial charge in [0, 0.05) is 24.8 Å². The zero-order valence-electron chi connectivity index (χ0n) is 13.2. The van der Waals surface area contributed by atoms with Crippen LogP contribution in [-0.2, 0) is 16.6 Å². The van der Waals surface area contributed by atoms with Gasteiger partial charge in [-0.05, 0) is 37.5 Å². The summed E-state index contributed by atoms with van der Waals surface area (Å²) in [5.74, 6) is 0. The van der Waals surface area contributed by atoms with Crippen molar-refractivity contribution in [2.45, 2.75) is 37.6 Å². The lowest BCUT2D eigenvalue weighted by Gasteiger charge is -2.26. The van der Waals surface area contributed by atoms with Crippen LogP contribution in [0.15, 0.2) is 39.9 Å². The number of rotatable bonds is 5. The number of nitrogens with one attached hydrogen (secondary N) is 1. The lowest BCUT2D eigenvalue weighted by molar-refractivity contribution is 0.346. The number of nitrogens with zero attached hydrogens (tertiary/aromatic N) is 2. The summed E-state index contributed by atoms with van der Waals surface area (Å²) >= 11 is 0. The molecule has 0 unspecified atom stereocenters. The molecule has 0 spiro atoms. The predicted molar refractivity (Wildman–Crippen MR) is 87.6 cm³/mol. The Morgan fingerprint density at radius 3 is 2.70 bits per heavy atom. The fourth-order valence-corrected chi connectivity index (χ4v) is 4.52. The average Bonchev–Trinajstić information content (AvgIpc) is 3.08. The molecule has 2 heterocycles. The summed E-state index contributed by atoms with van der Waals surface area (Å²) in [7, 11) is -3.43. The number of piperidine rings is 1. The number of aromatic nitrogens is 1. The highest BCUT2D eigenvalue weighted by molar-refractivity contribution is 7.89. The van der Waals surface area contributed by atoms with Gasteiger partial charge in [0.15, 0.2) is 0 Å². The first-order valence-corrected chi connectivity index (χ1v) is 9.25. The molecule has 1 N–H and O–H groups in total. The van der Waals surface area contributed by atoms with Crippen LogP contribution in [0.25, 0.3) is 0 Å². The lowest BCUT2D eigenvalue weighted by atomic mass is 10.2. The second kappa shape index (κ2) is 6.72. The van der Waals surface area contributed by atoms with E-state index in [2.05, 4.69) is 10.5 Å². The minimum absolute atomic E-state index is 0.379. The monoisotopic (exact) mass is 335 g/mol. The maximum Gasteiger partial charge on any atom is 0.243 e. The van der Waals surface area contributed by atoms with Gasteiger partial charge in [0.05, 0.1) is 11.4 Å². The maximum atomic E-state index is 12.9. The Morgan fingerprint density at radius 1 is 1.22 bits per heavy atom. The smallest absolute Gasteiger partial charge is 0.243 e. The molecule has 1 aliphatic heterocycles. The number of aryl methyl sites for hydroxylation is 1. The van der Waals surface area contributed by atoms with Crippen molar-refractivity contribution < 1.29 is 12.9 Å². The van der Waals surface area contributed by atoms with E-state index in [4.69, 9.17) is 4.52 Å². The summed E-state index contributed by atoms with van der Waals surface area (Å²) in [5, 5.41) is 7.01. The molecule has 7 heteroatoms. The van der Waals surface area contributed by atoms with Crippen molar-refractivity contribution in [3.05, 3.63) is 41.8 Å². The van der Waals surface area contributed by atoms with Gasteiger partial charge in [-0.25, -0.2) is 8.42 Å². The Kier molecular flexibility index (Phi) is 4.68. The van der Waals surface area contributed by atoms with Gasteiger partial charge in [0.1, 0.15) is 12.0 Å². The predicted octanol–water partition coefficient (Wildman–Crippen LogP) is 2.77. The summed E-state index contributed by atoms with van der Waals surface area (Å²) in [5.41, 5.74) is 2.29. The van der Waals surface area contributed by atoms with Crippen molar-refractivity contribution in [3.8, 4) is 0 Å². The topological polar surface area (TPSA) is 75.4 Å². The van der Waals surface area contributed by atoms with Gasteiger partial charge in [0.25, 0.3) is 0 Å². The third-order valence-electron chi connectivity index (χ3n) is 4.09. The second-order valence-electron chi connectivity index (χ2n) is 5.79. The molecule has 0 aliphatic carbocycles. The summed E-state index contributed by atoms with van der Waals surface area (Å²) in [6.07, 6.45) is 4.48. The highest BCUT2D eigenvalue weighted by Crippen LogP contribution is 2.26. The quantitative estimate of drug-likeness (QED) is 0.909. The Hall–Kier alpha value is -1.86. The zero-order chi connectivity index (χ0) is 16.3. The Bertz CT molecular complexity index is 751. The molecule has 0 atom stereocenters. The molecule has 1 saturated heterocycles. The normalized spacial score (nSPS) is 16.4. The molecule has 0 amide bonds. The van der Waals surface area contributed by atoms with Crippen molar-refractivity contribution in [3.63, 3.8) is 0 Å². The molecule has 1 aliphatic rings. The third-order valence-corrected chi connectivity index (χ3v) is 6.13. The summed E-state index contributed by atoms with van der Waals surface area (Å²) in [4.78, 5) is 0.379. The number of benzene rings is 1. The lowest BCUT2D eigenvalue weighted by Crippen LogP contribution is -2.36. The first-order chi connectivity index (χ1) is 11.1. The van der Waals surface area contributed by atoms with Gasteiger partial charge in [-0.2, -0.15) is 4.31 Å². The number of hydrogen-bond acceptors (Lipinski definition) is 5. The summed E-state index contributed by atoms with van der Waals surface area (Å²) in [6.45, 7) is 3.54. The Labute approximate surface area is 136 Å². The standard InChI is InChI=1S/C16H21N3O3S/c1-13-5-6-14(17-12-15-7-10-22-18-15)11-16(13)23(20,21)19-8-3-2-4-9-19/h5-7,10-11,17H,2-4,8-9,12H2,1H3. The van der Waals surface area contributed by atoms with E-state index in [0.717, 1.165) is 36.2 Å². The van der Waals surface area contributed by atoms with Crippen LogP contribution in [0.5, 0.6) is 0 Å². The highest BCUT2D eigenvalue weighted by Gasteiger charge is 2.27. The van der Waals surface area contributed by atoms with E-state index in [1.165, 1.54) is 6.26 Å². The molecule has 0 radical (unpaired) electrons. The third kappa shape index (κ3) is 3.56. The Morgan fingerprint density at radius 2 is 2.00 bits per heavy atom. The van der Waals surface area contributed by atoms with Crippen LogP contribution < -0.4 is 5.32 Å². The van der Waals surface area contributed by atoms with Crippen LogP contribution in [0.2, 0.25) is 0 Å². The summed E-state index contributed by atoms with van der Waals surface area (Å²) < 4.78 is 32.1. The number of sulfonamides is 1. The fraction of sp³-hybridized carbons (Fsp3) is 0.438. The van der Waals surface area contributed by atoms with Gasteiger partial charge in [-0.15, -0.1) is 0 Å². The first kappa shape index (κ1) is 16.0. The molecular formula is C16H21N3O3S. The van der Waals surface area contributed by atoms with Gasteiger partial charge in [-0.1, -0.05) is 17.6 Å². The van der Waals surface area contributed by atoms with Gasteiger partial charge < -0.3 is 9.84 Å². The van der Waals surface area contributed by atoms with Crippen LogP contribution >= 0.6 is 0 Å².